The van der Waals surface area contributed by atoms with Crippen molar-refractivity contribution >= 4 is 5.96 Å². The maximum atomic E-state index is 12.9. The summed E-state index contributed by atoms with van der Waals surface area (Å²) in [6.45, 7) is 7.62. The van der Waals surface area contributed by atoms with Gasteiger partial charge in [0.25, 0.3) is 0 Å². The Morgan fingerprint density at radius 1 is 1.22 bits per heavy atom. The summed E-state index contributed by atoms with van der Waals surface area (Å²) >= 11 is 0. The number of hydrogen-bond donors (Lipinski definition) is 2. The molecule has 128 valence electrons. The Morgan fingerprint density at radius 2 is 1.91 bits per heavy atom. The molecule has 1 heterocycles. The number of hydrogen-bond acceptors (Lipinski definition) is 2. The minimum atomic E-state index is -0.189. The van der Waals surface area contributed by atoms with Crippen molar-refractivity contribution in [2.75, 3.05) is 39.8 Å². The molecule has 0 amide bonds. The van der Waals surface area contributed by atoms with Gasteiger partial charge in [0, 0.05) is 26.7 Å². The van der Waals surface area contributed by atoms with Crippen LogP contribution in [0, 0.1) is 11.7 Å². The second-order valence-corrected chi connectivity index (χ2v) is 6.37. The highest BCUT2D eigenvalue weighted by Gasteiger charge is 2.14. The van der Waals surface area contributed by atoms with Crippen molar-refractivity contribution in [1.82, 2.24) is 15.5 Å². The van der Waals surface area contributed by atoms with Gasteiger partial charge in [-0.15, -0.1) is 0 Å². The summed E-state index contributed by atoms with van der Waals surface area (Å²) in [5, 5.41) is 6.70. The summed E-state index contributed by atoms with van der Waals surface area (Å²) in [6.07, 6.45) is 3.53. The lowest BCUT2D eigenvalue weighted by molar-refractivity contribution is 0.287. The van der Waals surface area contributed by atoms with E-state index in [9.17, 15) is 4.39 Å². The molecule has 0 saturated carbocycles. The van der Waals surface area contributed by atoms with Crippen LogP contribution in [0.25, 0.3) is 0 Å². The molecular weight excluding hydrogens is 291 g/mol. The summed E-state index contributed by atoms with van der Waals surface area (Å²) in [5.41, 5.74) is 1.12. The maximum Gasteiger partial charge on any atom is 0.190 e. The molecule has 1 fully saturated rings. The van der Waals surface area contributed by atoms with E-state index in [1.54, 1.807) is 7.05 Å². The lowest BCUT2D eigenvalue weighted by atomic mass is 10.1. The van der Waals surface area contributed by atoms with E-state index in [2.05, 4.69) is 27.4 Å². The topological polar surface area (TPSA) is 39.7 Å². The standard InChI is InChI=1S/C18H29FN4/c1-15(14-23-11-3-4-12-23)13-22-18(20-2)21-10-9-16-5-7-17(19)8-6-16/h5-8,15H,3-4,9-14H2,1-2H3,(H2,20,21,22). The first-order valence-corrected chi connectivity index (χ1v) is 8.58. The third kappa shape index (κ3) is 6.57. The molecular formula is C18H29FN4. The summed E-state index contributed by atoms with van der Waals surface area (Å²) in [6, 6.07) is 6.65. The average molecular weight is 320 g/mol. The normalized spacial score (nSPS) is 17.3. The van der Waals surface area contributed by atoms with Gasteiger partial charge in [0.15, 0.2) is 5.96 Å². The van der Waals surface area contributed by atoms with E-state index >= 15 is 0 Å². The zero-order chi connectivity index (χ0) is 16.5. The zero-order valence-electron chi connectivity index (χ0n) is 14.3. The number of halogens is 1. The van der Waals surface area contributed by atoms with E-state index < -0.39 is 0 Å². The summed E-state index contributed by atoms with van der Waals surface area (Å²) in [5.74, 6) is 1.25. The Kier molecular flexibility index (Phi) is 7.33. The van der Waals surface area contributed by atoms with E-state index in [0.29, 0.717) is 5.92 Å². The van der Waals surface area contributed by atoms with Gasteiger partial charge in [-0.2, -0.15) is 0 Å². The summed E-state index contributed by atoms with van der Waals surface area (Å²) in [4.78, 5) is 6.80. The van der Waals surface area contributed by atoms with Crippen LogP contribution in [0.2, 0.25) is 0 Å². The molecule has 23 heavy (non-hydrogen) atoms. The molecule has 1 atom stereocenters. The van der Waals surface area contributed by atoms with E-state index in [1.807, 2.05) is 12.1 Å². The molecule has 2 N–H and O–H groups in total. The number of nitrogens with one attached hydrogen (secondary N) is 2. The van der Waals surface area contributed by atoms with Crippen LogP contribution in [0.1, 0.15) is 25.3 Å². The van der Waals surface area contributed by atoms with Crippen molar-refractivity contribution in [3.63, 3.8) is 0 Å². The monoisotopic (exact) mass is 320 g/mol. The van der Waals surface area contributed by atoms with Gasteiger partial charge in [-0.1, -0.05) is 19.1 Å². The van der Waals surface area contributed by atoms with Crippen molar-refractivity contribution in [1.29, 1.82) is 0 Å². The highest BCUT2D eigenvalue weighted by atomic mass is 19.1. The maximum absolute atomic E-state index is 12.9. The van der Waals surface area contributed by atoms with Crippen molar-refractivity contribution in [3.05, 3.63) is 35.6 Å². The molecule has 1 aromatic rings. The number of likely N-dealkylation sites (tertiary alicyclic amines) is 1. The molecule has 1 aliphatic heterocycles. The minimum absolute atomic E-state index is 0.189. The highest BCUT2D eigenvalue weighted by molar-refractivity contribution is 5.79. The van der Waals surface area contributed by atoms with Crippen molar-refractivity contribution in [2.45, 2.75) is 26.2 Å². The van der Waals surface area contributed by atoms with Crippen LogP contribution in [0.15, 0.2) is 29.3 Å². The Bertz CT molecular complexity index is 480. The second-order valence-electron chi connectivity index (χ2n) is 6.37. The lowest BCUT2D eigenvalue weighted by Crippen LogP contribution is -2.42. The van der Waals surface area contributed by atoms with Gasteiger partial charge in [-0.05, 0) is 56.0 Å². The second kappa shape index (κ2) is 9.50. The Morgan fingerprint density at radius 3 is 2.57 bits per heavy atom. The van der Waals surface area contributed by atoms with Crippen molar-refractivity contribution < 1.29 is 4.39 Å². The quantitative estimate of drug-likeness (QED) is 0.598. The predicted octanol–water partition coefficient (Wildman–Crippen LogP) is 2.27. The molecule has 0 aromatic heterocycles. The van der Waals surface area contributed by atoms with Gasteiger partial charge >= 0.3 is 0 Å². The minimum Gasteiger partial charge on any atom is -0.356 e. The molecule has 1 aromatic carbocycles. The number of nitrogens with zero attached hydrogens (tertiary/aromatic N) is 2. The number of rotatable bonds is 7. The van der Waals surface area contributed by atoms with Gasteiger partial charge < -0.3 is 15.5 Å². The van der Waals surface area contributed by atoms with Gasteiger partial charge in [0.1, 0.15) is 5.82 Å². The molecule has 1 saturated heterocycles. The zero-order valence-corrected chi connectivity index (χ0v) is 14.3. The third-order valence-electron chi connectivity index (χ3n) is 4.23. The van der Waals surface area contributed by atoms with Crippen LogP contribution in [-0.4, -0.2) is 50.6 Å². The highest BCUT2D eigenvalue weighted by Crippen LogP contribution is 2.09. The van der Waals surface area contributed by atoms with Gasteiger partial charge in [-0.3, -0.25) is 4.99 Å². The van der Waals surface area contributed by atoms with E-state index in [4.69, 9.17) is 0 Å². The van der Waals surface area contributed by atoms with Crippen LogP contribution in [0.3, 0.4) is 0 Å². The summed E-state index contributed by atoms with van der Waals surface area (Å²) in [7, 11) is 1.79. The van der Waals surface area contributed by atoms with E-state index in [-0.39, 0.29) is 5.82 Å². The Balaban J connectivity index is 1.63. The average Bonchev–Trinajstić information content (AvgIpc) is 3.05. The first-order chi connectivity index (χ1) is 11.2. The number of benzene rings is 1. The van der Waals surface area contributed by atoms with Crippen LogP contribution < -0.4 is 10.6 Å². The van der Waals surface area contributed by atoms with Crippen LogP contribution in [0.5, 0.6) is 0 Å². The predicted molar refractivity (Wildman–Crippen MR) is 94.3 cm³/mol. The molecule has 4 nitrogen and oxygen atoms in total. The van der Waals surface area contributed by atoms with Crippen LogP contribution >= 0.6 is 0 Å². The van der Waals surface area contributed by atoms with Gasteiger partial charge in [0.2, 0.25) is 0 Å². The molecule has 0 spiro atoms. The number of aliphatic imine (C=N–C) groups is 1. The molecule has 0 radical (unpaired) electrons. The molecule has 0 bridgehead atoms. The fourth-order valence-electron chi connectivity index (χ4n) is 2.94. The SMILES string of the molecule is CN=C(NCCc1ccc(F)cc1)NCC(C)CN1CCCC1. The molecule has 0 aliphatic carbocycles. The van der Waals surface area contributed by atoms with Crippen LogP contribution in [0.4, 0.5) is 4.39 Å². The molecule has 5 heteroatoms. The van der Waals surface area contributed by atoms with Crippen molar-refractivity contribution in [3.8, 4) is 0 Å². The molecule has 1 unspecified atom stereocenters. The van der Waals surface area contributed by atoms with Gasteiger partial charge in [-0.25, -0.2) is 4.39 Å². The molecule has 1 aliphatic rings. The van der Waals surface area contributed by atoms with Crippen LogP contribution in [-0.2, 0) is 6.42 Å². The van der Waals surface area contributed by atoms with Gasteiger partial charge in [0.05, 0.1) is 0 Å². The lowest BCUT2D eigenvalue weighted by Gasteiger charge is -2.21. The van der Waals surface area contributed by atoms with E-state index in [1.165, 1.54) is 38.1 Å². The number of guanidine groups is 1. The van der Waals surface area contributed by atoms with Crippen molar-refractivity contribution in [2.24, 2.45) is 10.9 Å². The van der Waals surface area contributed by atoms with E-state index in [0.717, 1.165) is 37.6 Å². The molecule has 2 rings (SSSR count). The summed E-state index contributed by atoms with van der Waals surface area (Å²) < 4.78 is 12.9. The smallest absolute Gasteiger partial charge is 0.190 e. The largest absolute Gasteiger partial charge is 0.356 e. The first kappa shape index (κ1) is 17.7. The first-order valence-electron chi connectivity index (χ1n) is 8.58. The Hall–Kier alpha value is -1.62. The third-order valence-corrected chi connectivity index (χ3v) is 4.23. The fourth-order valence-corrected chi connectivity index (χ4v) is 2.94. The Labute approximate surface area is 139 Å². The fraction of sp³-hybridized carbons (Fsp3) is 0.611.